The number of benzene rings is 2. The van der Waals surface area contributed by atoms with Crippen molar-refractivity contribution in [1.29, 1.82) is 0 Å². The van der Waals surface area contributed by atoms with E-state index in [9.17, 15) is 18.3 Å². The zero-order valence-corrected chi connectivity index (χ0v) is 14.6. The van der Waals surface area contributed by atoms with Gasteiger partial charge in [0.2, 0.25) is 0 Å². The molecule has 0 aliphatic carbocycles. The number of nitrogens with one attached hydrogen (secondary N) is 1. The van der Waals surface area contributed by atoms with Gasteiger partial charge in [0.25, 0.3) is 0 Å². The van der Waals surface area contributed by atoms with Crippen LogP contribution in [0.25, 0.3) is 0 Å². The highest BCUT2D eigenvalue weighted by Gasteiger charge is 2.34. The fourth-order valence-corrected chi connectivity index (χ4v) is 3.42. The topological polar surface area (TPSA) is 35.5 Å². The quantitative estimate of drug-likeness (QED) is 0.839. The van der Waals surface area contributed by atoms with E-state index in [2.05, 4.69) is 10.2 Å². The van der Waals surface area contributed by atoms with E-state index in [1.165, 1.54) is 6.07 Å². The molecule has 1 aliphatic heterocycles. The third kappa shape index (κ3) is 4.56. The number of anilines is 1. The minimum Gasteiger partial charge on any atom is -0.384 e. The lowest BCUT2D eigenvalue weighted by molar-refractivity contribution is -0.137. The average molecular weight is 364 g/mol. The molecule has 2 aromatic carbocycles. The number of β-amino-alcohol motifs (C(OH)–C–C–N with tert-alkyl or cyclic N) is 1. The van der Waals surface area contributed by atoms with Crippen LogP contribution in [0.2, 0.25) is 0 Å². The van der Waals surface area contributed by atoms with E-state index >= 15 is 0 Å². The molecule has 1 aliphatic rings. The lowest BCUT2D eigenvalue weighted by atomic mass is 9.93. The van der Waals surface area contributed by atoms with Crippen molar-refractivity contribution in [3.05, 3.63) is 65.7 Å². The van der Waals surface area contributed by atoms with Crippen molar-refractivity contribution in [3.8, 4) is 0 Å². The largest absolute Gasteiger partial charge is 0.416 e. The Hall–Kier alpha value is -2.05. The lowest BCUT2D eigenvalue weighted by Crippen LogP contribution is -2.39. The van der Waals surface area contributed by atoms with Gasteiger partial charge in [-0.2, -0.15) is 13.2 Å². The number of para-hydroxylation sites is 1. The maximum atomic E-state index is 12.9. The Labute approximate surface area is 151 Å². The number of halogens is 3. The number of alkyl halides is 3. The van der Waals surface area contributed by atoms with Crippen molar-refractivity contribution in [2.24, 2.45) is 0 Å². The SMILES string of the molecule is CC(O)(CN1CCC(Nc2ccccc2)C1)c1cccc(C(F)(F)F)c1. The molecule has 1 saturated heterocycles. The van der Waals surface area contributed by atoms with E-state index in [1.54, 1.807) is 13.0 Å². The second-order valence-electron chi connectivity index (χ2n) is 7.08. The molecule has 2 aromatic rings. The van der Waals surface area contributed by atoms with E-state index in [4.69, 9.17) is 0 Å². The molecule has 1 heterocycles. The summed E-state index contributed by atoms with van der Waals surface area (Å²) in [6, 6.07) is 15.1. The first kappa shape index (κ1) is 18.7. The predicted molar refractivity (Wildman–Crippen MR) is 95.9 cm³/mol. The lowest BCUT2D eigenvalue weighted by Gasteiger charge is -2.30. The Balaban J connectivity index is 1.63. The van der Waals surface area contributed by atoms with Crippen LogP contribution in [0.4, 0.5) is 18.9 Å². The fraction of sp³-hybridized carbons (Fsp3) is 0.400. The van der Waals surface area contributed by atoms with Gasteiger partial charge in [0, 0.05) is 31.4 Å². The number of rotatable bonds is 5. The average Bonchev–Trinajstić information content (AvgIpc) is 3.01. The molecule has 1 fully saturated rings. The molecule has 0 radical (unpaired) electrons. The minimum atomic E-state index is -4.41. The highest BCUT2D eigenvalue weighted by molar-refractivity contribution is 5.43. The molecule has 0 amide bonds. The van der Waals surface area contributed by atoms with Crippen LogP contribution in [0.15, 0.2) is 54.6 Å². The van der Waals surface area contributed by atoms with Crippen molar-refractivity contribution < 1.29 is 18.3 Å². The van der Waals surface area contributed by atoms with Crippen molar-refractivity contribution in [1.82, 2.24) is 4.90 Å². The highest BCUT2D eigenvalue weighted by Crippen LogP contribution is 2.32. The standard InChI is InChI=1S/C20H23F3N2O/c1-19(26,15-6-5-7-16(12-15)20(21,22)23)14-25-11-10-18(13-25)24-17-8-3-2-4-9-17/h2-9,12,18,24,26H,10-11,13-14H2,1H3. The normalized spacial score (nSPS) is 20.7. The van der Waals surface area contributed by atoms with Crippen LogP contribution in [0.3, 0.4) is 0 Å². The molecule has 0 aromatic heterocycles. The molecule has 3 nitrogen and oxygen atoms in total. The fourth-order valence-electron chi connectivity index (χ4n) is 3.42. The molecule has 0 saturated carbocycles. The first-order chi connectivity index (χ1) is 12.2. The summed E-state index contributed by atoms with van der Waals surface area (Å²) in [5.74, 6) is 0. The summed E-state index contributed by atoms with van der Waals surface area (Å²) in [6.07, 6.45) is -3.49. The van der Waals surface area contributed by atoms with E-state index in [0.29, 0.717) is 6.54 Å². The monoisotopic (exact) mass is 364 g/mol. The molecular weight excluding hydrogens is 341 g/mol. The number of hydrogen-bond donors (Lipinski definition) is 2. The maximum Gasteiger partial charge on any atom is 0.416 e. The van der Waals surface area contributed by atoms with E-state index in [-0.39, 0.29) is 11.6 Å². The number of nitrogens with zero attached hydrogens (tertiary/aromatic N) is 1. The van der Waals surface area contributed by atoms with Crippen molar-refractivity contribution in [2.45, 2.75) is 31.2 Å². The first-order valence-electron chi connectivity index (χ1n) is 8.68. The van der Waals surface area contributed by atoms with Gasteiger partial charge < -0.3 is 10.4 Å². The first-order valence-corrected chi connectivity index (χ1v) is 8.68. The van der Waals surface area contributed by atoms with Gasteiger partial charge in [0.1, 0.15) is 0 Å². The van der Waals surface area contributed by atoms with Crippen LogP contribution in [-0.4, -0.2) is 35.7 Å². The second-order valence-corrected chi connectivity index (χ2v) is 7.08. The third-order valence-corrected chi connectivity index (χ3v) is 4.76. The Bertz CT molecular complexity index is 731. The smallest absolute Gasteiger partial charge is 0.384 e. The van der Waals surface area contributed by atoms with Crippen LogP contribution >= 0.6 is 0 Å². The Morgan fingerprint density at radius 2 is 1.77 bits per heavy atom. The van der Waals surface area contributed by atoms with Gasteiger partial charge in [-0.1, -0.05) is 30.3 Å². The zero-order valence-electron chi connectivity index (χ0n) is 14.6. The van der Waals surface area contributed by atoms with Gasteiger partial charge in [0.05, 0.1) is 11.2 Å². The predicted octanol–water partition coefficient (Wildman–Crippen LogP) is 4.10. The van der Waals surface area contributed by atoms with Gasteiger partial charge in [0.15, 0.2) is 0 Å². The van der Waals surface area contributed by atoms with Crippen LogP contribution < -0.4 is 5.32 Å². The van der Waals surface area contributed by atoms with Gasteiger partial charge in [-0.05, 0) is 43.2 Å². The molecule has 0 bridgehead atoms. The summed E-state index contributed by atoms with van der Waals surface area (Å²) in [4.78, 5) is 2.08. The highest BCUT2D eigenvalue weighted by atomic mass is 19.4. The Morgan fingerprint density at radius 1 is 1.08 bits per heavy atom. The van der Waals surface area contributed by atoms with Crippen LogP contribution in [-0.2, 0) is 11.8 Å². The van der Waals surface area contributed by atoms with Crippen LogP contribution in [0, 0.1) is 0 Å². The molecule has 2 atom stereocenters. The second kappa shape index (κ2) is 7.29. The summed E-state index contributed by atoms with van der Waals surface area (Å²) in [5, 5.41) is 14.2. The molecule has 2 unspecified atom stereocenters. The summed E-state index contributed by atoms with van der Waals surface area (Å²) in [5.41, 5.74) is -0.751. The molecule has 2 N–H and O–H groups in total. The molecule has 0 spiro atoms. The molecule has 6 heteroatoms. The van der Waals surface area contributed by atoms with Gasteiger partial charge >= 0.3 is 6.18 Å². The van der Waals surface area contributed by atoms with E-state index in [1.807, 2.05) is 30.3 Å². The summed E-state index contributed by atoms with van der Waals surface area (Å²) in [7, 11) is 0. The molecule has 26 heavy (non-hydrogen) atoms. The Morgan fingerprint density at radius 3 is 2.46 bits per heavy atom. The molecular formula is C20H23F3N2O. The molecule has 3 rings (SSSR count). The van der Waals surface area contributed by atoms with Crippen LogP contribution in [0.5, 0.6) is 0 Å². The van der Waals surface area contributed by atoms with Crippen LogP contribution in [0.1, 0.15) is 24.5 Å². The zero-order chi connectivity index (χ0) is 18.8. The van der Waals surface area contributed by atoms with Crippen molar-refractivity contribution in [3.63, 3.8) is 0 Å². The minimum absolute atomic E-state index is 0.259. The number of likely N-dealkylation sites (tertiary alicyclic amines) is 1. The van der Waals surface area contributed by atoms with E-state index in [0.717, 1.165) is 37.3 Å². The van der Waals surface area contributed by atoms with Gasteiger partial charge in [-0.25, -0.2) is 0 Å². The molecule has 140 valence electrons. The maximum absolute atomic E-state index is 12.9. The summed E-state index contributed by atoms with van der Waals surface area (Å²) >= 11 is 0. The summed E-state index contributed by atoms with van der Waals surface area (Å²) in [6.45, 7) is 3.39. The number of aliphatic hydroxyl groups is 1. The van der Waals surface area contributed by atoms with E-state index < -0.39 is 17.3 Å². The number of hydrogen-bond acceptors (Lipinski definition) is 3. The van der Waals surface area contributed by atoms with Crippen molar-refractivity contribution in [2.75, 3.05) is 25.0 Å². The Kier molecular flexibility index (Phi) is 5.25. The van der Waals surface area contributed by atoms with Crippen molar-refractivity contribution >= 4 is 5.69 Å². The third-order valence-electron chi connectivity index (χ3n) is 4.76. The van der Waals surface area contributed by atoms with Gasteiger partial charge in [-0.15, -0.1) is 0 Å². The summed E-state index contributed by atoms with van der Waals surface area (Å²) < 4.78 is 38.8. The van der Waals surface area contributed by atoms with Gasteiger partial charge in [-0.3, -0.25) is 4.90 Å².